The van der Waals surface area contributed by atoms with Gasteiger partial charge in [-0.25, -0.2) is 4.39 Å². The van der Waals surface area contributed by atoms with Crippen LogP contribution < -0.4 is 0 Å². The van der Waals surface area contributed by atoms with Gasteiger partial charge in [-0.15, -0.1) is 0 Å². The summed E-state index contributed by atoms with van der Waals surface area (Å²) in [4.78, 5) is 16.8. The SMILES string of the molecule is O=C(CC(O)c1cccc(F)c1)N1CCCC1CN1CCOCC1. The molecule has 0 aromatic heterocycles. The van der Waals surface area contributed by atoms with Crippen molar-refractivity contribution in [3.05, 3.63) is 35.6 Å². The minimum absolute atomic E-state index is 0.00304. The van der Waals surface area contributed by atoms with E-state index in [1.165, 1.54) is 12.1 Å². The van der Waals surface area contributed by atoms with Gasteiger partial charge in [0, 0.05) is 32.2 Å². The number of hydrogen-bond donors (Lipinski definition) is 1. The molecule has 2 aliphatic rings. The minimum atomic E-state index is -0.960. The van der Waals surface area contributed by atoms with Crippen molar-refractivity contribution >= 4 is 5.91 Å². The molecule has 2 atom stereocenters. The Balaban J connectivity index is 1.56. The number of carbonyl (C=O) groups excluding carboxylic acids is 1. The lowest BCUT2D eigenvalue weighted by Crippen LogP contribution is -2.46. The Hall–Kier alpha value is -1.50. The number of morpholine rings is 1. The second-order valence-corrected chi connectivity index (χ2v) is 6.57. The zero-order chi connectivity index (χ0) is 16.9. The van der Waals surface area contributed by atoms with E-state index in [0.29, 0.717) is 5.56 Å². The van der Waals surface area contributed by atoms with Crippen LogP contribution >= 0.6 is 0 Å². The highest BCUT2D eigenvalue weighted by Crippen LogP contribution is 2.24. The molecule has 1 aromatic rings. The summed E-state index contributed by atoms with van der Waals surface area (Å²) in [6.45, 7) is 4.92. The Morgan fingerprint density at radius 1 is 1.33 bits per heavy atom. The maximum atomic E-state index is 13.3. The third kappa shape index (κ3) is 4.32. The van der Waals surface area contributed by atoms with E-state index in [0.717, 1.165) is 52.2 Å². The normalized spacial score (nSPS) is 23.4. The summed E-state index contributed by atoms with van der Waals surface area (Å²) in [5, 5.41) is 10.2. The van der Waals surface area contributed by atoms with Gasteiger partial charge in [-0.05, 0) is 30.5 Å². The Bertz CT molecular complexity index is 563. The molecule has 1 amide bonds. The largest absolute Gasteiger partial charge is 0.388 e. The van der Waals surface area contributed by atoms with Crippen molar-refractivity contribution in [2.45, 2.75) is 31.4 Å². The highest BCUT2D eigenvalue weighted by Gasteiger charge is 2.31. The standard InChI is InChI=1S/C18H25FN2O3/c19-15-4-1-3-14(11-15)17(22)12-18(23)21-6-2-5-16(21)13-20-7-9-24-10-8-20/h1,3-4,11,16-17,22H,2,5-10,12-13H2. The maximum Gasteiger partial charge on any atom is 0.225 e. The van der Waals surface area contributed by atoms with Gasteiger partial charge in [-0.3, -0.25) is 9.69 Å². The molecule has 1 aromatic carbocycles. The summed E-state index contributed by atoms with van der Waals surface area (Å²) < 4.78 is 18.6. The number of hydrogen-bond acceptors (Lipinski definition) is 4. The first-order valence-electron chi connectivity index (χ1n) is 8.66. The number of carbonyl (C=O) groups is 1. The zero-order valence-electron chi connectivity index (χ0n) is 13.9. The van der Waals surface area contributed by atoms with E-state index >= 15 is 0 Å². The van der Waals surface area contributed by atoms with E-state index in [9.17, 15) is 14.3 Å². The quantitative estimate of drug-likeness (QED) is 0.887. The molecule has 24 heavy (non-hydrogen) atoms. The molecule has 1 N–H and O–H groups in total. The van der Waals surface area contributed by atoms with Gasteiger partial charge in [0.1, 0.15) is 5.82 Å². The van der Waals surface area contributed by atoms with Crippen LogP contribution in [0, 0.1) is 5.82 Å². The van der Waals surface area contributed by atoms with Crippen molar-refractivity contribution in [1.29, 1.82) is 0 Å². The van der Waals surface area contributed by atoms with Crippen LogP contribution in [0.3, 0.4) is 0 Å². The van der Waals surface area contributed by atoms with Crippen molar-refractivity contribution in [2.24, 2.45) is 0 Å². The number of aliphatic hydroxyl groups excluding tert-OH is 1. The van der Waals surface area contributed by atoms with Gasteiger partial charge in [0.25, 0.3) is 0 Å². The van der Waals surface area contributed by atoms with E-state index in [-0.39, 0.29) is 18.4 Å². The Morgan fingerprint density at radius 2 is 2.12 bits per heavy atom. The highest BCUT2D eigenvalue weighted by atomic mass is 19.1. The Kier molecular flexibility index (Phi) is 5.81. The van der Waals surface area contributed by atoms with Crippen LogP contribution in [0.2, 0.25) is 0 Å². The molecular weight excluding hydrogens is 311 g/mol. The number of amides is 1. The third-order valence-corrected chi connectivity index (χ3v) is 4.87. The summed E-state index contributed by atoms with van der Waals surface area (Å²) in [6, 6.07) is 6.02. The van der Waals surface area contributed by atoms with Gasteiger partial charge in [0.2, 0.25) is 5.91 Å². The number of rotatable bonds is 5. The lowest BCUT2D eigenvalue weighted by molar-refractivity contribution is -0.134. The molecule has 6 heteroatoms. The van der Waals surface area contributed by atoms with Crippen LogP contribution in [0.4, 0.5) is 4.39 Å². The molecule has 2 heterocycles. The molecule has 132 valence electrons. The summed E-state index contributed by atoms with van der Waals surface area (Å²) in [6.07, 6.45) is 1.04. The van der Waals surface area contributed by atoms with Crippen molar-refractivity contribution in [3.63, 3.8) is 0 Å². The Labute approximate surface area is 142 Å². The van der Waals surface area contributed by atoms with Crippen LogP contribution in [0.25, 0.3) is 0 Å². The molecule has 0 saturated carbocycles. The predicted octanol–water partition coefficient (Wildman–Crippen LogP) is 1.57. The van der Waals surface area contributed by atoms with Crippen LogP contribution in [-0.4, -0.2) is 66.2 Å². The highest BCUT2D eigenvalue weighted by molar-refractivity contribution is 5.77. The van der Waals surface area contributed by atoms with Crippen LogP contribution in [-0.2, 0) is 9.53 Å². The van der Waals surface area contributed by atoms with Gasteiger partial charge >= 0.3 is 0 Å². The van der Waals surface area contributed by atoms with E-state index < -0.39 is 11.9 Å². The molecular formula is C18H25FN2O3. The van der Waals surface area contributed by atoms with Gasteiger partial charge in [0.15, 0.2) is 0 Å². The van der Waals surface area contributed by atoms with Gasteiger partial charge in [-0.2, -0.15) is 0 Å². The minimum Gasteiger partial charge on any atom is -0.388 e. The Morgan fingerprint density at radius 3 is 2.88 bits per heavy atom. The average molecular weight is 336 g/mol. The molecule has 0 spiro atoms. The second kappa shape index (κ2) is 8.05. The predicted molar refractivity (Wildman–Crippen MR) is 88.0 cm³/mol. The van der Waals surface area contributed by atoms with Gasteiger partial charge in [-0.1, -0.05) is 12.1 Å². The summed E-state index contributed by atoms with van der Waals surface area (Å²) in [7, 11) is 0. The first kappa shape index (κ1) is 17.3. The number of benzene rings is 1. The number of likely N-dealkylation sites (tertiary alicyclic amines) is 1. The van der Waals surface area contributed by atoms with Crippen molar-refractivity contribution in [1.82, 2.24) is 9.80 Å². The monoisotopic (exact) mass is 336 g/mol. The molecule has 0 bridgehead atoms. The van der Waals surface area contributed by atoms with Crippen molar-refractivity contribution in [3.8, 4) is 0 Å². The first-order valence-corrected chi connectivity index (χ1v) is 8.66. The molecule has 2 aliphatic heterocycles. The zero-order valence-corrected chi connectivity index (χ0v) is 13.9. The van der Waals surface area contributed by atoms with E-state index in [1.54, 1.807) is 12.1 Å². The molecule has 2 saturated heterocycles. The molecule has 0 radical (unpaired) electrons. The lowest BCUT2D eigenvalue weighted by Gasteiger charge is -2.33. The average Bonchev–Trinajstić information content (AvgIpc) is 3.04. The fourth-order valence-corrected chi connectivity index (χ4v) is 3.55. The van der Waals surface area contributed by atoms with Gasteiger partial charge in [0.05, 0.1) is 25.7 Å². The lowest BCUT2D eigenvalue weighted by atomic mass is 10.1. The van der Waals surface area contributed by atoms with Crippen molar-refractivity contribution in [2.75, 3.05) is 39.4 Å². The van der Waals surface area contributed by atoms with Crippen LogP contribution in [0.5, 0.6) is 0 Å². The topological polar surface area (TPSA) is 53.0 Å². The molecule has 5 nitrogen and oxygen atoms in total. The number of ether oxygens (including phenoxy) is 1. The van der Waals surface area contributed by atoms with Crippen LogP contribution in [0.1, 0.15) is 30.9 Å². The van der Waals surface area contributed by atoms with E-state index in [2.05, 4.69) is 4.90 Å². The molecule has 0 aliphatic carbocycles. The number of nitrogens with zero attached hydrogens (tertiary/aromatic N) is 2. The van der Waals surface area contributed by atoms with E-state index in [1.807, 2.05) is 4.90 Å². The fourth-order valence-electron chi connectivity index (χ4n) is 3.55. The maximum absolute atomic E-state index is 13.3. The van der Waals surface area contributed by atoms with Gasteiger partial charge < -0.3 is 14.7 Å². The molecule has 3 rings (SSSR count). The summed E-state index contributed by atoms with van der Waals surface area (Å²) >= 11 is 0. The fraction of sp³-hybridized carbons (Fsp3) is 0.611. The number of halogens is 1. The summed E-state index contributed by atoms with van der Waals surface area (Å²) in [5.41, 5.74) is 0.451. The molecule has 2 fully saturated rings. The van der Waals surface area contributed by atoms with E-state index in [4.69, 9.17) is 4.74 Å². The first-order chi connectivity index (χ1) is 11.6. The molecule has 2 unspecified atom stereocenters. The smallest absolute Gasteiger partial charge is 0.225 e. The number of aliphatic hydroxyl groups is 1. The van der Waals surface area contributed by atoms with Crippen molar-refractivity contribution < 1.29 is 19.0 Å². The summed E-state index contributed by atoms with van der Waals surface area (Å²) in [5.74, 6) is -0.451. The second-order valence-electron chi connectivity index (χ2n) is 6.57. The van der Waals surface area contributed by atoms with Crippen LogP contribution in [0.15, 0.2) is 24.3 Å². The third-order valence-electron chi connectivity index (χ3n) is 4.87.